The summed E-state index contributed by atoms with van der Waals surface area (Å²) in [6.45, 7) is 0.00324. The molecule has 0 aliphatic carbocycles. The van der Waals surface area contributed by atoms with Gasteiger partial charge in [0.15, 0.2) is 0 Å². The van der Waals surface area contributed by atoms with E-state index in [2.05, 4.69) is 19.5 Å². The zero-order chi connectivity index (χ0) is 22.2. The number of halogens is 1. The number of nitrogens with zero attached hydrogens (tertiary/aromatic N) is 2. The molecule has 0 bridgehead atoms. The van der Waals surface area contributed by atoms with Gasteiger partial charge in [0, 0.05) is 17.1 Å². The molecule has 31 heavy (non-hydrogen) atoms. The van der Waals surface area contributed by atoms with Gasteiger partial charge in [-0.05, 0) is 23.1 Å². The van der Waals surface area contributed by atoms with E-state index in [4.69, 9.17) is 21.5 Å². The van der Waals surface area contributed by atoms with Crippen molar-refractivity contribution in [1.82, 2.24) is 9.97 Å². The molecule has 13 heteroatoms. The average Bonchev–Trinajstić information content (AvgIpc) is 3.27. The lowest BCUT2D eigenvalue weighted by Crippen LogP contribution is -2.34. The first kappa shape index (κ1) is 22.3. The molecule has 0 radical (unpaired) electrons. The van der Waals surface area contributed by atoms with Crippen LogP contribution in [0.5, 0.6) is 0 Å². The van der Waals surface area contributed by atoms with Gasteiger partial charge in [0.1, 0.15) is 36.6 Å². The Kier molecular flexibility index (Phi) is 6.42. The second-order valence-corrected chi connectivity index (χ2v) is 9.46. The molecule has 0 saturated carbocycles. The molecule has 3 aromatic rings. The van der Waals surface area contributed by atoms with Crippen LogP contribution in [0.15, 0.2) is 36.0 Å². The van der Waals surface area contributed by atoms with E-state index in [0.717, 1.165) is 10.3 Å². The van der Waals surface area contributed by atoms with E-state index in [1.54, 1.807) is 17.5 Å². The standard InChI is InChI=1S/C18H19ClN4O6S2/c19-10-3-1-9(2-4-10)5-21-18-17-13(22-8-23-18)11(7-30-17)16-15(25)14(24)12(29-16)6-28-31(20,26)27/h1-4,7-8,12,14-16,24-25H,5-6H2,(H2,20,26,27)(H,21,22,23)/t12-,14-,15-,16+/m1/s1. The van der Waals surface area contributed by atoms with Crippen LogP contribution in [0.25, 0.3) is 10.2 Å². The van der Waals surface area contributed by atoms with Gasteiger partial charge in [-0.3, -0.25) is 4.18 Å². The molecule has 10 nitrogen and oxygen atoms in total. The number of fused-ring (bicyclic) bond motifs is 1. The molecule has 1 aliphatic rings. The molecule has 4 rings (SSSR count). The largest absolute Gasteiger partial charge is 0.387 e. The van der Waals surface area contributed by atoms with Crippen LogP contribution in [0.3, 0.4) is 0 Å². The Labute approximate surface area is 186 Å². The summed E-state index contributed by atoms with van der Waals surface area (Å²) in [5.41, 5.74) is 2.13. The van der Waals surface area contributed by atoms with Crippen molar-refractivity contribution in [1.29, 1.82) is 0 Å². The van der Waals surface area contributed by atoms with Gasteiger partial charge in [0.05, 0.1) is 16.8 Å². The molecule has 4 atom stereocenters. The molecule has 0 unspecified atom stereocenters. The minimum atomic E-state index is -4.20. The van der Waals surface area contributed by atoms with Gasteiger partial charge >= 0.3 is 10.3 Å². The van der Waals surface area contributed by atoms with Crippen LogP contribution in [0.2, 0.25) is 5.02 Å². The van der Waals surface area contributed by atoms with Crippen molar-refractivity contribution in [2.75, 3.05) is 11.9 Å². The fraction of sp³-hybridized carbons (Fsp3) is 0.333. The number of aliphatic hydroxyl groups is 2. The van der Waals surface area contributed by atoms with Gasteiger partial charge in [-0.25, -0.2) is 15.1 Å². The number of hydrogen-bond donors (Lipinski definition) is 4. The smallest absolute Gasteiger partial charge is 0.333 e. The van der Waals surface area contributed by atoms with Crippen LogP contribution >= 0.6 is 22.9 Å². The number of aromatic nitrogens is 2. The number of thiophene rings is 1. The highest BCUT2D eigenvalue weighted by Gasteiger charge is 2.45. The number of benzene rings is 1. The fourth-order valence-electron chi connectivity index (χ4n) is 3.29. The van der Waals surface area contributed by atoms with Crippen LogP contribution in [0.1, 0.15) is 17.2 Å². The molecule has 0 spiro atoms. The summed E-state index contributed by atoms with van der Waals surface area (Å²) in [4.78, 5) is 8.60. The van der Waals surface area contributed by atoms with Crippen molar-refractivity contribution in [2.45, 2.75) is 31.0 Å². The van der Waals surface area contributed by atoms with Crippen LogP contribution in [-0.2, 0) is 25.8 Å². The topological polar surface area (TPSA) is 157 Å². The van der Waals surface area contributed by atoms with E-state index in [0.29, 0.717) is 28.5 Å². The Morgan fingerprint density at radius 2 is 1.97 bits per heavy atom. The minimum absolute atomic E-state index is 0.515. The lowest BCUT2D eigenvalue weighted by Gasteiger charge is -2.14. The number of nitrogens with two attached hydrogens (primary N) is 1. The number of rotatable bonds is 7. The van der Waals surface area contributed by atoms with E-state index >= 15 is 0 Å². The van der Waals surface area contributed by atoms with Gasteiger partial charge in [-0.2, -0.15) is 8.42 Å². The highest BCUT2D eigenvalue weighted by Crippen LogP contribution is 2.40. The molecule has 1 fully saturated rings. The van der Waals surface area contributed by atoms with Crippen molar-refractivity contribution in [2.24, 2.45) is 5.14 Å². The molecular weight excluding hydrogens is 468 g/mol. The van der Waals surface area contributed by atoms with E-state index < -0.39 is 41.3 Å². The SMILES string of the molecule is NS(=O)(=O)OC[C@H]1O[C@@H](c2csc3c(NCc4ccc(Cl)cc4)ncnc23)[C@H](O)[C@@H]1O. The van der Waals surface area contributed by atoms with Crippen molar-refractivity contribution < 1.29 is 27.6 Å². The van der Waals surface area contributed by atoms with Gasteiger partial charge in [-0.1, -0.05) is 23.7 Å². The van der Waals surface area contributed by atoms with Crippen LogP contribution in [0.4, 0.5) is 5.82 Å². The molecule has 166 valence electrons. The quantitative estimate of drug-likeness (QED) is 0.386. The Morgan fingerprint density at radius 3 is 2.68 bits per heavy atom. The second-order valence-electron chi connectivity index (χ2n) is 6.92. The predicted octanol–water partition coefficient (Wildman–Crippen LogP) is 1.34. The number of anilines is 1. The lowest BCUT2D eigenvalue weighted by atomic mass is 10.0. The van der Waals surface area contributed by atoms with Crippen molar-refractivity contribution in [3.63, 3.8) is 0 Å². The summed E-state index contributed by atoms with van der Waals surface area (Å²) in [5.74, 6) is 0.610. The first-order valence-corrected chi connectivity index (χ1v) is 11.8. The Hall–Kier alpha value is -1.90. The summed E-state index contributed by atoms with van der Waals surface area (Å²) >= 11 is 7.27. The highest BCUT2D eigenvalue weighted by atomic mass is 35.5. The van der Waals surface area contributed by atoms with Crippen LogP contribution < -0.4 is 10.5 Å². The van der Waals surface area contributed by atoms with Gasteiger partial charge in [-0.15, -0.1) is 11.3 Å². The Morgan fingerprint density at radius 1 is 1.23 bits per heavy atom. The Balaban J connectivity index is 1.54. The molecule has 3 heterocycles. The monoisotopic (exact) mass is 486 g/mol. The molecule has 5 N–H and O–H groups in total. The minimum Gasteiger partial charge on any atom is -0.387 e. The zero-order valence-electron chi connectivity index (χ0n) is 15.9. The normalized spacial score (nSPS) is 24.0. The number of nitrogens with one attached hydrogen (secondary N) is 1. The first-order valence-electron chi connectivity index (χ1n) is 9.12. The summed E-state index contributed by atoms with van der Waals surface area (Å²) in [6, 6.07) is 7.41. The maximum atomic E-state index is 11.0. The summed E-state index contributed by atoms with van der Waals surface area (Å²) < 4.78 is 32.9. The van der Waals surface area contributed by atoms with Crippen molar-refractivity contribution in [3.8, 4) is 0 Å². The van der Waals surface area contributed by atoms with Crippen molar-refractivity contribution in [3.05, 3.63) is 52.1 Å². The van der Waals surface area contributed by atoms with Gasteiger partial charge in [0.2, 0.25) is 0 Å². The summed E-state index contributed by atoms with van der Waals surface area (Å²) in [5, 5.41) is 31.2. The maximum absolute atomic E-state index is 11.0. The van der Waals surface area contributed by atoms with Crippen LogP contribution in [-0.4, -0.2) is 53.5 Å². The molecule has 0 amide bonds. The van der Waals surface area contributed by atoms with Gasteiger partial charge < -0.3 is 20.3 Å². The molecule has 1 saturated heterocycles. The number of hydrogen-bond acceptors (Lipinski definition) is 10. The average molecular weight is 487 g/mol. The van der Waals surface area contributed by atoms with Gasteiger partial charge in [0.25, 0.3) is 0 Å². The lowest BCUT2D eigenvalue weighted by molar-refractivity contribution is -0.0151. The molecular formula is C18H19ClN4O6S2. The second kappa shape index (κ2) is 8.92. The van der Waals surface area contributed by atoms with E-state index in [9.17, 15) is 18.6 Å². The fourth-order valence-corrected chi connectivity index (χ4v) is 4.75. The summed E-state index contributed by atoms with van der Waals surface area (Å²) in [6.07, 6.45) is -3.25. The third kappa shape index (κ3) is 4.96. The van der Waals surface area contributed by atoms with Crippen molar-refractivity contribution >= 4 is 49.3 Å². The molecule has 2 aromatic heterocycles. The number of ether oxygens (including phenoxy) is 1. The van der Waals surface area contributed by atoms with E-state index in [-0.39, 0.29) is 0 Å². The van der Waals surface area contributed by atoms with E-state index in [1.807, 2.05) is 12.1 Å². The number of aliphatic hydroxyl groups excluding tert-OH is 2. The van der Waals surface area contributed by atoms with E-state index in [1.165, 1.54) is 17.7 Å². The third-order valence-electron chi connectivity index (χ3n) is 4.82. The predicted molar refractivity (Wildman–Crippen MR) is 115 cm³/mol. The molecule has 1 aliphatic heterocycles. The third-order valence-corrected chi connectivity index (χ3v) is 6.53. The summed E-state index contributed by atoms with van der Waals surface area (Å²) in [7, 11) is -4.20. The Bertz CT molecular complexity index is 1170. The highest BCUT2D eigenvalue weighted by molar-refractivity contribution is 7.84. The molecule has 1 aromatic carbocycles. The maximum Gasteiger partial charge on any atom is 0.333 e. The first-order chi connectivity index (χ1) is 14.7. The van der Waals surface area contributed by atoms with Crippen LogP contribution in [0, 0.1) is 0 Å². The zero-order valence-corrected chi connectivity index (χ0v) is 18.3.